The zero-order valence-electron chi connectivity index (χ0n) is 18.7. The molecule has 1 aliphatic carbocycles. The van der Waals surface area contributed by atoms with Gasteiger partial charge < -0.3 is 15.0 Å². The molecule has 0 bridgehead atoms. The van der Waals surface area contributed by atoms with Crippen molar-refractivity contribution in [1.82, 2.24) is 24.7 Å². The molecular weight excluding hydrogens is 449 g/mol. The van der Waals surface area contributed by atoms with Crippen LogP contribution < -0.4 is 10.1 Å². The third kappa shape index (κ3) is 6.85. The molecule has 1 aromatic carbocycles. The molecule has 2 fully saturated rings. The lowest BCUT2D eigenvalue weighted by Gasteiger charge is -2.31. The van der Waals surface area contributed by atoms with E-state index in [0.29, 0.717) is 12.6 Å². The second-order valence-corrected chi connectivity index (χ2v) is 8.32. The molecule has 2 aliphatic rings. The van der Waals surface area contributed by atoms with Crippen molar-refractivity contribution in [3.05, 3.63) is 36.8 Å². The molecule has 2 aromatic rings. The van der Waals surface area contributed by atoms with Gasteiger partial charge in [0.15, 0.2) is 0 Å². The summed E-state index contributed by atoms with van der Waals surface area (Å²) in [6.45, 7) is 5.92. The average Bonchev–Trinajstić information content (AvgIpc) is 3.30. The number of ether oxygens (including phenoxy) is 1. The number of piperazine rings is 1. The van der Waals surface area contributed by atoms with Gasteiger partial charge in [0.1, 0.15) is 18.7 Å². The van der Waals surface area contributed by atoms with Crippen LogP contribution in [-0.2, 0) is 0 Å². The summed E-state index contributed by atoms with van der Waals surface area (Å²) in [7, 11) is 1.91. The maximum Gasteiger partial charge on any atom is 0.329 e. The number of halogens is 2. The predicted molar refractivity (Wildman–Crippen MR) is 132 cm³/mol. The summed E-state index contributed by atoms with van der Waals surface area (Å²) in [6, 6.07) is 8.29. The molecule has 2 heterocycles. The number of aromatic nitrogens is 2. The van der Waals surface area contributed by atoms with Crippen molar-refractivity contribution in [2.24, 2.45) is 0 Å². The third-order valence-corrected chi connectivity index (χ3v) is 6.26. The SMILES string of the molecule is CN(C(=O)n1cnc(-c2ccc(OCCN3CCNCC3)cc2)c1)C1CCCCC1.Cl.Cl. The van der Waals surface area contributed by atoms with Crippen LogP contribution in [0.1, 0.15) is 32.1 Å². The highest BCUT2D eigenvalue weighted by molar-refractivity contribution is 5.85. The summed E-state index contributed by atoms with van der Waals surface area (Å²) in [6.07, 6.45) is 9.34. The third-order valence-electron chi connectivity index (χ3n) is 6.26. The molecule has 1 aliphatic heterocycles. The topological polar surface area (TPSA) is 62.6 Å². The highest BCUT2D eigenvalue weighted by Gasteiger charge is 2.23. The lowest BCUT2D eigenvalue weighted by molar-refractivity contribution is 0.175. The van der Waals surface area contributed by atoms with Crippen LogP contribution in [0.25, 0.3) is 11.3 Å². The van der Waals surface area contributed by atoms with Gasteiger partial charge in [0.2, 0.25) is 0 Å². The molecule has 4 rings (SSSR count). The van der Waals surface area contributed by atoms with Crippen LogP contribution in [0.3, 0.4) is 0 Å². The van der Waals surface area contributed by atoms with E-state index in [-0.39, 0.29) is 30.8 Å². The van der Waals surface area contributed by atoms with Crippen molar-refractivity contribution < 1.29 is 9.53 Å². The minimum absolute atomic E-state index is 0. The Labute approximate surface area is 203 Å². The first-order valence-electron chi connectivity index (χ1n) is 11.2. The molecule has 1 saturated heterocycles. The Balaban J connectivity index is 0.00000181. The molecule has 1 aromatic heterocycles. The normalized spacial score (nSPS) is 17.2. The Morgan fingerprint density at radius 3 is 2.50 bits per heavy atom. The molecule has 0 atom stereocenters. The number of carbonyl (C=O) groups excluding carboxylic acids is 1. The van der Waals surface area contributed by atoms with E-state index in [9.17, 15) is 4.79 Å². The lowest BCUT2D eigenvalue weighted by Crippen LogP contribution is -2.44. The Bertz CT molecular complexity index is 818. The summed E-state index contributed by atoms with van der Waals surface area (Å²) >= 11 is 0. The number of carbonyl (C=O) groups is 1. The molecule has 0 unspecified atom stereocenters. The second kappa shape index (κ2) is 13.0. The Kier molecular flexibility index (Phi) is 10.8. The molecular formula is C23H35Cl2N5O2. The number of nitrogens with one attached hydrogen (secondary N) is 1. The quantitative estimate of drug-likeness (QED) is 0.674. The molecule has 178 valence electrons. The lowest BCUT2D eigenvalue weighted by atomic mass is 9.95. The van der Waals surface area contributed by atoms with Gasteiger partial charge in [-0.3, -0.25) is 9.47 Å². The van der Waals surface area contributed by atoms with E-state index in [1.165, 1.54) is 19.3 Å². The minimum Gasteiger partial charge on any atom is -0.492 e. The largest absolute Gasteiger partial charge is 0.492 e. The van der Waals surface area contributed by atoms with Crippen LogP contribution in [0.5, 0.6) is 5.75 Å². The van der Waals surface area contributed by atoms with Gasteiger partial charge in [-0.1, -0.05) is 19.3 Å². The Hall–Kier alpha value is -1.80. The number of imidazole rings is 1. The van der Waals surface area contributed by atoms with Crippen LogP contribution in [0.4, 0.5) is 4.79 Å². The maximum absolute atomic E-state index is 12.8. The van der Waals surface area contributed by atoms with E-state index in [2.05, 4.69) is 15.2 Å². The van der Waals surface area contributed by atoms with Gasteiger partial charge in [-0.2, -0.15) is 0 Å². The highest BCUT2D eigenvalue weighted by Crippen LogP contribution is 2.24. The molecule has 1 saturated carbocycles. The van der Waals surface area contributed by atoms with E-state index >= 15 is 0 Å². The summed E-state index contributed by atoms with van der Waals surface area (Å²) in [5.41, 5.74) is 1.78. The van der Waals surface area contributed by atoms with Gasteiger partial charge >= 0.3 is 6.03 Å². The van der Waals surface area contributed by atoms with Gasteiger partial charge in [0.25, 0.3) is 0 Å². The first-order valence-corrected chi connectivity index (χ1v) is 11.2. The zero-order valence-corrected chi connectivity index (χ0v) is 20.4. The monoisotopic (exact) mass is 483 g/mol. The number of rotatable bonds is 6. The fourth-order valence-corrected chi connectivity index (χ4v) is 4.33. The van der Waals surface area contributed by atoms with E-state index < -0.39 is 0 Å². The number of nitrogens with zero attached hydrogens (tertiary/aromatic N) is 4. The van der Waals surface area contributed by atoms with Crippen molar-refractivity contribution in [2.45, 2.75) is 38.1 Å². The molecule has 1 N–H and O–H groups in total. The molecule has 7 nitrogen and oxygen atoms in total. The zero-order chi connectivity index (χ0) is 20.8. The maximum atomic E-state index is 12.8. The second-order valence-electron chi connectivity index (χ2n) is 8.32. The van der Waals surface area contributed by atoms with Crippen molar-refractivity contribution in [3.63, 3.8) is 0 Å². The van der Waals surface area contributed by atoms with Crippen LogP contribution >= 0.6 is 24.8 Å². The van der Waals surface area contributed by atoms with Crippen LogP contribution in [0.2, 0.25) is 0 Å². The number of hydrogen-bond acceptors (Lipinski definition) is 5. The molecule has 9 heteroatoms. The van der Waals surface area contributed by atoms with E-state index in [0.717, 1.165) is 62.6 Å². The summed E-state index contributed by atoms with van der Waals surface area (Å²) < 4.78 is 7.49. The Morgan fingerprint density at radius 1 is 1.12 bits per heavy atom. The number of benzene rings is 1. The standard InChI is InChI=1S/C23H33N5O2.2ClH/c1-26(20-5-3-2-4-6-20)23(29)28-17-22(25-18-28)19-7-9-21(10-8-19)30-16-15-27-13-11-24-12-14-27;;/h7-10,17-18,20,24H,2-6,11-16H2,1H3;2*1H. The average molecular weight is 484 g/mol. The number of hydrogen-bond donors (Lipinski definition) is 1. The Morgan fingerprint density at radius 2 is 1.81 bits per heavy atom. The van der Waals surface area contributed by atoms with Gasteiger partial charge in [-0.25, -0.2) is 9.78 Å². The van der Waals surface area contributed by atoms with Crippen molar-refractivity contribution >= 4 is 30.8 Å². The van der Waals surface area contributed by atoms with Gasteiger partial charge in [-0.05, 0) is 37.1 Å². The van der Waals surface area contributed by atoms with Crippen molar-refractivity contribution in [3.8, 4) is 17.0 Å². The van der Waals surface area contributed by atoms with Crippen LogP contribution in [-0.4, -0.2) is 77.8 Å². The number of amides is 1. The minimum atomic E-state index is -0.00600. The summed E-state index contributed by atoms with van der Waals surface area (Å²) in [5.74, 6) is 0.862. The van der Waals surface area contributed by atoms with Crippen LogP contribution in [0.15, 0.2) is 36.8 Å². The summed E-state index contributed by atoms with van der Waals surface area (Å²) in [4.78, 5) is 21.6. The van der Waals surface area contributed by atoms with E-state index in [1.807, 2.05) is 42.4 Å². The fraction of sp³-hybridized carbons (Fsp3) is 0.565. The first kappa shape index (κ1) is 26.5. The smallest absolute Gasteiger partial charge is 0.329 e. The van der Waals surface area contributed by atoms with E-state index in [4.69, 9.17) is 4.74 Å². The van der Waals surface area contributed by atoms with Crippen LogP contribution in [0, 0.1) is 0 Å². The molecule has 0 spiro atoms. The van der Waals surface area contributed by atoms with Crippen molar-refractivity contribution in [1.29, 1.82) is 0 Å². The van der Waals surface area contributed by atoms with Gasteiger partial charge in [0, 0.05) is 57.6 Å². The molecule has 1 amide bonds. The molecule has 0 radical (unpaired) electrons. The predicted octanol–water partition coefficient (Wildman–Crippen LogP) is 3.91. The highest BCUT2D eigenvalue weighted by atomic mass is 35.5. The summed E-state index contributed by atoms with van der Waals surface area (Å²) in [5, 5.41) is 3.36. The van der Waals surface area contributed by atoms with Gasteiger partial charge in [-0.15, -0.1) is 24.8 Å². The fourth-order valence-electron chi connectivity index (χ4n) is 4.33. The molecule has 32 heavy (non-hydrogen) atoms. The first-order chi connectivity index (χ1) is 14.7. The van der Waals surface area contributed by atoms with Gasteiger partial charge in [0.05, 0.1) is 5.69 Å². The van der Waals surface area contributed by atoms with E-state index in [1.54, 1.807) is 10.9 Å². The van der Waals surface area contributed by atoms with Crippen molar-refractivity contribution in [2.75, 3.05) is 46.4 Å².